The van der Waals surface area contributed by atoms with Crippen LogP contribution < -0.4 is 0 Å². The second-order valence-electron chi connectivity index (χ2n) is 9.01. The Balaban J connectivity index is 1.45. The highest BCUT2D eigenvalue weighted by Crippen LogP contribution is 2.59. The predicted molar refractivity (Wildman–Crippen MR) is 121 cm³/mol. The lowest BCUT2D eigenvalue weighted by molar-refractivity contribution is 0.0323. The van der Waals surface area contributed by atoms with E-state index in [1.54, 1.807) is 5.56 Å². The van der Waals surface area contributed by atoms with Crippen molar-refractivity contribution in [1.29, 1.82) is 5.26 Å². The molecule has 3 aliphatic carbocycles. The number of aryl methyl sites for hydroxylation is 1. The standard InChI is InChI=1S/C26H30BrN/c27-19-2-12-25-13-16-26(17-14-25,18-15-25)24-10-8-23(9-11-24)22-6-4-21(5-7-22)3-1-20-28/h4-11H,1-3,12-19H2. The monoisotopic (exact) mass is 435 g/mol. The zero-order valence-corrected chi connectivity index (χ0v) is 18.3. The van der Waals surface area contributed by atoms with E-state index >= 15 is 0 Å². The Bertz CT molecular complexity index is 804. The molecule has 1 nitrogen and oxygen atoms in total. The molecule has 5 rings (SSSR count). The van der Waals surface area contributed by atoms with Crippen LogP contribution in [0.3, 0.4) is 0 Å². The lowest BCUT2D eigenvalue weighted by Crippen LogP contribution is -2.44. The van der Waals surface area contributed by atoms with Gasteiger partial charge in [-0.15, -0.1) is 0 Å². The predicted octanol–water partition coefficient (Wildman–Crippen LogP) is 7.58. The lowest BCUT2D eigenvalue weighted by Gasteiger charge is -2.54. The second-order valence-corrected chi connectivity index (χ2v) is 9.80. The molecular formula is C26H30BrN. The van der Waals surface area contributed by atoms with Gasteiger partial charge >= 0.3 is 0 Å². The largest absolute Gasteiger partial charge is 0.198 e. The van der Waals surface area contributed by atoms with Crippen molar-refractivity contribution in [3.63, 3.8) is 0 Å². The topological polar surface area (TPSA) is 23.8 Å². The van der Waals surface area contributed by atoms with Crippen molar-refractivity contribution in [2.45, 2.75) is 69.6 Å². The molecule has 0 atom stereocenters. The number of hydrogen-bond donors (Lipinski definition) is 0. The van der Waals surface area contributed by atoms with Gasteiger partial charge in [0.15, 0.2) is 0 Å². The summed E-state index contributed by atoms with van der Waals surface area (Å²) in [6, 6.07) is 20.4. The highest BCUT2D eigenvalue weighted by atomic mass is 79.9. The molecule has 0 aromatic heterocycles. The van der Waals surface area contributed by atoms with Gasteiger partial charge in [-0.05, 0) is 90.9 Å². The molecular weight excluding hydrogens is 406 g/mol. The summed E-state index contributed by atoms with van der Waals surface area (Å²) in [4.78, 5) is 0. The number of fused-ring (bicyclic) bond motifs is 3. The molecule has 3 fully saturated rings. The quantitative estimate of drug-likeness (QED) is 0.411. The first kappa shape index (κ1) is 19.7. The van der Waals surface area contributed by atoms with E-state index in [1.165, 1.54) is 68.1 Å². The van der Waals surface area contributed by atoms with E-state index in [0.717, 1.165) is 11.8 Å². The molecule has 0 N–H and O–H groups in total. The minimum absolute atomic E-state index is 0.440. The summed E-state index contributed by atoms with van der Waals surface area (Å²) >= 11 is 3.62. The van der Waals surface area contributed by atoms with Crippen LogP contribution in [0.15, 0.2) is 48.5 Å². The van der Waals surface area contributed by atoms with Gasteiger partial charge in [-0.1, -0.05) is 64.5 Å². The Morgan fingerprint density at radius 2 is 1.39 bits per heavy atom. The second kappa shape index (κ2) is 8.42. The summed E-state index contributed by atoms with van der Waals surface area (Å²) in [5.74, 6) is 0. The van der Waals surface area contributed by atoms with Crippen LogP contribution in [0, 0.1) is 16.7 Å². The fourth-order valence-electron chi connectivity index (χ4n) is 5.59. The van der Waals surface area contributed by atoms with Crippen LogP contribution in [0.5, 0.6) is 0 Å². The minimum atomic E-state index is 0.440. The molecule has 2 aromatic carbocycles. The van der Waals surface area contributed by atoms with Crippen LogP contribution in [0.1, 0.15) is 68.9 Å². The third-order valence-corrected chi connectivity index (χ3v) is 8.11. The SMILES string of the molecule is N#CCCc1ccc(-c2ccc(C34CCC(CCCBr)(CC3)CC4)cc2)cc1. The van der Waals surface area contributed by atoms with E-state index in [2.05, 4.69) is 70.5 Å². The number of rotatable bonds is 7. The summed E-state index contributed by atoms with van der Waals surface area (Å²) in [6.07, 6.45) is 12.6. The molecule has 28 heavy (non-hydrogen) atoms. The first-order chi connectivity index (χ1) is 13.7. The molecule has 0 radical (unpaired) electrons. The molecule has 0 heterocycles. The van der Waals surface area contributed by atoms with Gasteiger partial charge in [-0.2, -0.15) is 5.26 Å². The van der Waals surface area contributed by atoms with Gasteiger partial charge in [0.2, 0.25) is 0 Å². The summed E-state index contributed by atoms with van der Waals surface area (Å²) in [7, 11) is 0. The Morgan fingerprint density at radius 3 is 1.93 bits per heavy atom. The van der Waals surface area contributed by atoms with Gasteiger partial charge in [-0.3, -0.25) is 0 Å². The fraction of sp³-hybridized carbons (Fsp3) is 0.500. The number of nitriles is 1. The Hall–Kier alpha value is -1.59. The lowest BCUT2D eigenvalue weighted by atomic mass is 9.51. The van der Waals surface area contributed by atoms with E-state index in [-0.39, 0.29) is 0 Å². The van der Waals surface area contributed by atoms with E-state index in [9.17, 15) is 0 Å². The zero-order chi connectivity index (χ0) is 19.5. The number of nitrogens with zero attached hydrogens (tertiary/aromatic N) is 1. The van der Waals surface area contributed by atoms with Crippen molar-refractivity contribution in [3.8, 4) is 17.2 Å². The van der Waals surface area contributed by atoms with Crippen LogP contribution in [0.25, 0.3) is 11.1 Å². The molecule has 0 unspecified atom stereocenters. The average Bonchev–Trinajstić information content (AvgIpc) is 2.78. The van der Waals surface area contributed by atoms with Crippen molar-refractivity contribution < 1.29 is 0 Å². The van der Waals surface area contributed by atoms with Crippen molar-refractivity contribution in [2.75, 3.05) is 5.33 Å². The first-order valence-corrected chi connectivity index (χ1v) is 11.9. The fourth-order valence-corrected chi connectivity index (χ4v) is 5.87. The summed E-state index contributed by atoms with van der Waals surface area (Å²) in [5, 5.41) is 9.89. The van der Waals surface area contributed by atoms with E-state index in [0.29, 0.717) is 17.3 Å². The molecule has 2 bridgehead atoms. The van der Waals surface area contributed by atoms with E-state index < -0.39 is 0 Å². The van der Waals surface area contributed by atoms with Crippen LogP contribution in [0.2, 0.25) is 0 Å². The number of benzene rings is 2. The summed E-state index contributed by atoms with van der Waals surface area (Å²) < 4.78 is 0. The maximum atomic E-state index is 8.74. The van der Waals surface area contributed by atoms with Gasteiger partial charge in [0.25, 0.3) is 0 Å². The normalized spacial score (nSPS) is 26.1. The Morgan fingerprint density at radius 1 is 0.821 bits per heavy atom. The molecule has 146 valence electrons. The van der Waals surface area contributed by atoms with Crippen molar-refractivity contribution >= 4 is 15.9 Å². The van der Waals surface area contributed by atoms with Gasteiger partial charge in [0, 0.05) is 11.8 Å². The van der Waals surface area contributed by atoms with Gasteiger partial charge in [-0.25, -0.2) is 0 Å². The highest BCUT2D eigenvalue weighted by Gasteiger charge is 2.48. The van der Waals surface area contributed by atoms with Crippen molar-refractivity contribution in [2.24, 2.45) is 5.41 Å². The number of alkyl halides is 1. The van der Waals surface area contributed by atoms with E-state index in [4.69, 9.17) is 5.26 Å². The van der Waals surface area contributed by atoms with Crippen molar-refractivity contribution in [1.82, 2.24) is 0 Å². The third-order valence-electron chi connectivity index (χ3n) is 7.55. The summed E-state index contributed by atoms with van der Waals surface area (Å²) in [5.41, 5.74) is 6.47. The number of hydrogen-bond acceptors (Lipinski definition) is 1. The van der Waals surface area contributed by atoms with Crippen LogP contribution in [-0.2, 0) is 11.8 Å². The van der Waals surface area contributed by atoms with Gasteiger partial charge in [0.05, 0.1) is 6.07 Å². The molecule has 0 saturated heterocycles. The Labute approximate surface area is 178 Å². The number of halogens is 1. The first-order valence-electron chi connectivity index (χ1n) is 10.8. The highest BCUT2D eigenvalue weighted by molar-refractivity contribution is 9.09. The van der Waals surface area contributed by atoms with E-state index in [1.807, 2.05) is 0 Å². The maximum absolute atomic E-state index is 8.74. The molecule has 0 aliphatic heterocycles. The minimum Gasteiger partial charge on any atom is -0.198 e. The zero-order valence-electron chi connectivity index (χ0n) is 16.7. The smallest absolute Gasteiger partial charge is 0.0625 e. The van der Waals surface area contributed by atoms with Crippen LogP contribution in [0.4, 0.5) is 0 Å². The molecule has 0 amide bonds. The Kier molecular flexibility index (Phi) is 5.93. The molecule has 3 saturated carbocycles. The molecule has 3 aliphatic rings. The van der Waals surface area contributed by atoms with Gasteiger partial charge < -0.3 is 0 Å². The molecule has 0 spiro atoms. The summed E-state index contributed by atoms with van der Waals surface area (Å²) in [6.45, 7) is 0. The van der Waals surface area contributed by atoms with Crippen molar-refractivity contribution in [3.05, 3.63) is 59.7 Å². The maximum Gasteiger partial charge on any atom is 0.0625 e. The molecule has 2 aromatic rings. The van der Waals surface area contributed by atoms with Crippen LogP contribution in [-0.4, -0.2) is 5.33 Å². The third kappa shape index (κ3) is 3.92. The average molecular weight is 436 g/mol. The molecule has 2 heteroatoms. The van der Waals surface area contributed by atoms with Gasteiger partial charge in [0.1, 0.15) is 0 Å². The van der Waals surface area contributed by atoms with Crippen LogP contribution >= 0.6 is 15.9 Å².